The first kappa shape index (κ1) is 21.1. The summed E-state index contributed by atoms with van der Waals surface area (Å²) in [6.45, 7) is 0.0412. The maximum absolute atomic E-state index is 12.8. The van der Waals surface area contributed by atoms with Crippen molar-refractivity contribution < 1.29 is 14.4 Å². The van der Waals surface area contributed by atoms with Crippen LogP contribution >= 0.6 is 34.5 Å². The summed E-state index contributed by atoms with van der Waals surface area (Å²) in [6, 6.07) is 4.71. The van der Waals surface area contributed by atoms with Gasteiger partial charge >= 0.3 is 6.03 Å². The Bertz CT molecular complexity index is 1000. The van der Waals surface area contributed by atoms with E-state index in [4.69, 9.17) is 23.2 Å². The van der Waals surface area contributed by atoms with Crippen LogP contribution in [0.5, 0.6) is 0 Å². The van der Waals surface area contributed by atoms with E-state index in [-0.39, 0.29) is 24.8 Å². The van der Waals surface area contributed by atoms with Crippen molar-refractivity contribution in [2.45, 2.75) is 44.1 Å². The molecule has 2 heterocycles. The highest BCUT2D eigenvalue weighted by Gasteiger charge is 2.51. The number of thiazole rings is 1. The number of halogens is 2. The molecule has 4 amide bonds. The first-order chi connectivity index (χ1) is 14.4. The molecule has 2 fully saturated rings. The summed E-state index contributed by atoms with van der Waals surface area (Å²) in [5.74, 6) is -0.530. The zero-order valence-electron chi connectivity index (χ0n) is 16.0. The largest absolute Gasteiger partial charge is 0.325 e. The maximum atomic E-state index is 12.8. The van der Waals surface area contributed by atoms with Gasteiger partial charge < -0.3 is 10.6 Å². The molecule has 0 bridgehead atoms. The number of carbonyl (C=O) groups is 3. The lowest BCUT2D eigenvalue weighted by atomic mass is 9.82. The van der Waals surface area contributed by atoms with Crippen LogP contribution in [0.1, 0.15) is 38.5 Å². The van der Waals surface area contributed by atoms with E-state index in [1.54, 1.807) is 23.6 Å². The summed E-state index contributed by atoms with van der Waals surface area (Å²) in [7, 11) is 0. The second-order valence-electron chi connectivity index (χ2n) is 7.49. The van der Waals surface area contributed by atoms with Crippen LogP contribution in [-0.4, -0.2) is 39.8 Å². The van der Waals surface area contributed by atoms with E-state index in [9.17, 15) is 14.4 Å². The highest BCUT2D eigenvalue weighted by Crippen LogP contribution is 2.34. The summed E-state index contributed by atoms with van der Waals surface area (Å²) in [5.41, 5.74) is 0.577. The number of imide groups is 1. The fourth-order valence-corrected chi connectivity index (χ4v) is 5.15. The maximum Gasteiger partial charge on any atom is 0.325 e. The Morgan fingerprint density at radius 2 is 2.00 bits per heavy atom. The molecule has 2 aromatic rings. The Morgan fingerprint density at radius 1 is 1.23 bits per heavy atom. The molecule has 30 heavy (non-hydrogen) atoms. The summed E-state index contributed by atoms with van der Waals surface area (Å²) >= 11 is 13.4. The molecular weight excluding hydrogens is 447 g/mol. The van der Waals surface area contributed by atoms with E-state index in [2.05, 4.69) is 15.6 Å². The van der Waals surface area contributed by atoms with Crippen molar-refractivity contribution in [2.24, 2.45) is 0 Å². The van der Waals surface area contributed by atoms with Crippen molar-refractivity contribution in [2.75, 3.05) is 11.9 Å². The van der Waals surface area contributed by atoms with E-state index in [1.807, 2.05) is 0 Å². The van der Waals surface area contributed by atoms with Crippen LogP contribution < -0.4 is 10.6 Å². The number of urea groups is 1. The molecule has 2 aliphatic rings. The highest BCUT2D eigenvalue weighted by molar-refractivity contribution is 7.14. The van der Waals surface area contributed by atoms with Crippen molar-refractivity contribution in [3.8, 4) is 11.3 Å². The van der Waals surface area contributed by atoms with Gasteiger partial charge in [0.05, 0.1) is 10.7 Å². The van der Waals surface area contributed by atoms with Crippen molar-refractivity contribution >= 4 is 57.5 Å². The predicted octanol–water partition coefficient (Wildman–Crippen LogP) is 4.70. The Labute approximate surface area is 187 Å². The smallest absolute Gasteiger partial charge is 0.323 e. The van der Waals surface area contributed by atoms with Crippen molar-refractivity contribution in [3.05, 3.63) is 33.6 Å². The van der Waals surface area contributed by atoms with Crippen LogP contribution in [0, 0.1) is 0 Å². The monoisotopic (exact) mass is 466 g/mol. The van der Waals surface area contributed by atoms with E-state index < -0.39 is 11.6 Å². The Hall–Kier alpha value is -2.16. The zero-order chi connectivity index (χ0) is 21.3. The number of hydrogen-bond donors (Lipinski definition) is 2. The number of nitrogens with one attached hydrogen (secondary N) is 2. The molecule has 1 saturated carbocycles. The van der Waals surface area contributed by atoms with Crippen molar-refractivity contribution in [3.63, 3.8) is 0 Å². The van der Waals surface area contributed by atoms with Gasteiger partial charge in [-0.3, -0.25) is 14.5 Å². The van der Waals surface area contributed by atoms with Gasteiger partial charge in [-0.25, -0.2) is 9.78 Å². The second-order valence-corrected chi connectivity index (χ2v) is 9.19. The lowest BCUT2D eigenvalue weighted by Crippen LogP contribution is -2.48. The number of benzene rings is 1. The molecule has 0 radical (unpaired) electrons. The van der Waals surface area contributed by atoms with Gasteiger partial charge in [-0.2, -0.15) is 0 Å². The third-order valence-electron chi connectivity index (χ3n) is 5.47. The molecule has 4 rings (SSSR count). The van der Waals surface area contributed by atoms with Gasteiger partial charge in [-0.05, 0) is 31.0 Å². The van der Waals surface area contributed by atoms with Gasteiger partial charge in [-0.15, -0.1) is 11.3 Å². The number of nitrogens with zero attached hydrogens (tertiary/aromatic N) is 2. The van der Waals surface area contributed by atoms with Crippen LogP contribution in [0.4, 0.5) is 9.93 Å². The van der Waals surface area contributed by atoms with E-state index in [1.165, 1.54) is 11.3 Å². The van der Waals surface area contributed by atoms with Gasteiger partial charge in [0.15, 0.2) is 5.13 Å². The molecule has 1 spiro atoms. The molecule has 1 aliphatic carbocycles. The normalized spacial score (nSPS) is 18.0. The van der Waals surface area contributed by atoms with Gasteiger partial charge in [0.2, 0.25) is 5.91 Å². The fourth-order valence-electron chi connectivity index (χ4n) is 3.92. The van der Waals surface area contributed by atoms with E-state index in [0.29, 0.717) is 33.7 Å². The summed E-state index contributed by atoms with van der Waals surface area (Å²) in [5, 5.41) is 8.77. The molecule has 158 valence electrons. The standard InChI is InChI=1S/C20H20Cl2N4O3S/c21-12-4-5-13(14(22)10-12)15-11-30-18(23-15)24-16(27)6-9-26-17(28)20(25-19(26)29)7-2-1-3-8-20/h4-5,10-11H,1-3,6-9H2,(H,25,29)(H,23,24,27). The molecule has 1 aliphatic heterocycles. The summed E-state index contributed by atoms with van der Waals surface area (Å²) in [4.78, 5) is 42.9. The average Bonchev–Trinajstić information content (AvgIpc) is 3.24. The number of carbonyl (C=O) groups excluding carboxylic acids is 3. The third-order valence-corrected chi connectivity index (χ3v) is 6.78. The first-order valence-corrected chi connectivity index (χ1v) is 11.4. The first-order valence-electron chi connectivity index (χ1n) is 9.73. The number of rotatable bonds is 5. The van der Waals surface area contributed by atoms with Crippen molar-refractivity contribution in [1.29, 1.82) is 0 Å². The topological polar surface area (TPSA) is 91.4 Å². The predicted molar refractivity (Wildman–Crippen MR) is 117 cm³/mol. The van der Waals surface area contributed by atoms with Crippen LogP contribution in [0.3, 0.4) is 0 Å². The van der Waals surface area contributed by atoms with Crippen molar-refractivity contribution in [1.82, 2.24) is 15.2 Å². The Kier molecular flexibility index (Phi) is 5.99. The van der Waals surface area contributed by atoms with Crippen LogP contribution in [0.25, 0.3) is 11.3 Å². The van der Waals surface area contributed by atoms with Gasteiger partial charge in [0.25, 0.3) is 5.91 Å². The molecular formula is C20H20Cl2N4O3S. The molecule has 7 nitrogen and oxygen atoms in total. The summed E-state index contributed by atoms with van der Waals surface area (Å²) < 4.78 is 0. The SMILES string of the molecule is O=C(CCN1C(=O)NC2(CCCCC2)C1=O)Nc1nc(-c2ccc(Cl)cc2Cl)cs1. The highest BCUT2D eigenvalue weighted by atomic mass is 35.5. The third kappa shape index (κ3) is 4.17. The molecule has 1 saturated heterocycles. The molecule has 1 aromatic heterocycles. The lowest BCUT2D eigenvalue weighted by Gasteiger charge is -2.30. The molecule has 0 atom stereocenters. The summed E-state index contributed by atoms with van der Waals surface area (Å²) in [6.07, 6.45) is 4.25. The molecule has 1 aromatic carbocycles. The number of aromatic nitrogens is 1. The lowest BCUT2D eigenvalue weighted by molar-refractivity contribution is -0.132. The minimum Gasteiger partial charge on any atom is -0.323 e. The number of amides is 4. The minimum atomic E-state index is -0.770. The van der Waals surface area contributed by atoms with Gasteiger partial charge in [0, 0.05) is 28.9 Å². The minimum absolute atomic E-state index is 0.00581. The molecule has 0 unspecified atom stereocenters. The Morgan fingerprint density at radius 3 is 2.73 bits per heavy atom. The fraction of sp³-hybridized carbons (Fsp3) is 0.400. The van der Waals surface area contributed by atoms with Crippen LogP contribution in [-0.2, 0) is 9.59 Å². The zero-order valence-corrected chi connectivity index (χ0v) is 18.4. The quantitative estimate of drug-likeness (QED) is 0.624. The van der Waals surface area contributed by atoms with Crippen LogP contribution in [0.15, 0.2) is 23.6 Å². The second kappa shape index (κ2) is 8.53. The number of anilines is 1. The van der Waals surface area contributed by atoms with Crippen LogP contribution in [0.2, 0.25) is 10.0 Å². The van der Waals surface area contributed by atoms with Gasteiger partial charge in [-0.1, -0.05) is 42.5 Å². The number of hydrogen-bond acceptors (Lipinski definition) is 5. The van der Waals surface area contributed by atoms with E-state index in [0.717, 1.165) is 29.7 Å². The molecule has 2 N–H and O–H groups in total. The average molecular weight is 467 g/mol. The molecule has 10 heteroatoms. The van der Waals surface area contributed by atoms with E-state index >= 15 is 0 Å². The Balaban J connectivity index is 1.35. The van der Waals surface area contributed by atoms with Gasteiger partial charge in [0.1, 0.15) is 5.54 Å².